The summed E-state index contributed by atoms with van der Waals surface area (Å²) in [6.07, 6.45) is 14.2. The third-order valence-corrected chi connectivity index (χ3v) is 7.68. The fourth-order valence-corrected chi connectivity index (χ4v) is 4.75. The molecule has 0 saturated heterocycles. The van der Waals surface area contributed by atoms with E-state index in [2.05, 4.69) is 11.7 Å². The van der Waals surface area contributed by atoms with Gasteiger partial charge in [-0.1, -0.05) is 129 Å². The minimum Gasteiger partial charge on any atom is -0.466 e. The van der Waals surface area contributed by atoms with E-state index in [1.807, 2.05) is 0 Å². The first-order valence-corrected chi connectivity index (χ1v) is 16.6. The molecule has 0 aliphatic heterocycles. The van der Waals surface area contributed by atoms with Crippen molar-refractivity contribution >= 4 is 11.9 Å². The van der Waals surface area contributed by atoms with Gasteiger partial charge in [0.25, 0.3) is 0 Å². The van der Waals surface area contributed by atoms with Gasteiger partial charge in [0.05, 0.1) is 32.5 Å². The zero-order chi connectivity index (χ0) is 34.2. The van der Waals surface area contributed by atoms with E-state index < -0.39 is 61.8 Å². The Bertz CT molecular complexity index is 774. The second-order valence-corrected chi connectivity index (χ2v) is 11.8. The molecule has 0 heterocycles. The average Bonchev–Trinajstić information content (AvgIpc) is 2.96. The van der Waals surface area contributed by atoms with E-state index in [0.29, 0.717) is 6.42 Å². The molecule has 0 unspecified atom stereocenters. The zero-order valence-corrected chi connectivity index (χ0v) is 26.7. The van der Waals surface area contributed by atoms with Gasteiger partial charge in [-0.15, -0.1) is 0 Å². The second kappa shape index (κ2) is 23.6. The Morgan fingerprint density at radius 2 is 0.756 bits per heavy atom. The molecule has 0 aliphatic rings. The van der Waals surface area contributed by atoms with Crippen LogP contribution in [0.15, 0.2) is 0 Å². The van der Waals surface area contributed by atoms with Crippen molar-refractivity contribution in [1.29, 1.82) is 0 Å². The first kappa shape index (κ1) is 43.3. The Hall–Kier alpha value is -1.69. The van der Waals surface area contributed by atoms with Gasteiger partial charge in [0.1, 0.15) is 0 Å². The summed E-state index contributed by atoms with van der Waals surface area (Å²) in [6, 6.07) is 0. The molecule has 0 aliphatic carbocycles. The highest BCUT2D eigenvalue weighted by atomic mass is 19.4. The van der Waals surface area contributed by atoms with Crippen molar-refractivity contribution < 1.29 is 58.6 Å². The highest BCUT2D eigenvalue weighted by Gasteiger charge is 2.81. The van der Waals surface area contributed by atoms with Crippen LogP contribution in [0.5, 0.6) is 0 Å². The summed E-state index contributed by atoms with van der Waals surface area (Å²) in [5.74, 6) is -21.7. The number of esters is 2. The lowest BCUT2D eigenvalue weighted by molar-refractivity contribution is -0.397. The number of hydrogen-bond donors (Lipinski definition) is 0. The molecule has 0 fully saturated rings. The Labute approximate surface area is 262 Å². The second-order valence-electron chi connectivity index (χ2n) is 11.8. The van der Waals surface area contributed by atoms with Crippen molar-refractivity contribution in [3.05, 3.63) is 0 Å². The maximum Gasteiger partial charge on any atom is 0.460 e. The van der Waals surface area contributed by atoms with E-state index in [9.17, 15) is 49.1 Å². The Kier molecular flexibility index (Phi) is 22.7. The predicted octanol–water partition coefficient (Wildman–Crippen LogP) is 11.5. The smallest absolute Gasteiger partial charge is 0.460 e. The number of ether oxygens (including phenoxy) is 2. The molecule has 0 radical (unpaired) electrons. The van der Waals surface area contributed by atoms with Gasteiger partial charge in [0.15, 0.2) is 0 Å². The lowest BCUT2D eigenvalue weighted by Gasteiger charge is -2.33. The Morgan fingerprint density at radius 3 is 1.09 bits per heavy atom. The fraction of sp³-hybridized carbons (Fsp3) is 0.938. The van der Waals surface area contributed by atoms with Gasteiger partial charge in [0, 0.05) is 0 Å². The fourth-order valence-electron chi connectivity index (χ4n) is 4.75. The van der Waals surface area contributed by atoms with Crippen LogP contribution in [0.2, 0.25) is 0 Å². The van der Waals surface area contributed by atoms with E-state index in [1.165, 1.54) is 96.3 Å². The van der Waals surface area contributed by atoms with Crippen molar-refractivity contribution in [3.8, 4) is 0 Å². The van der Waals surface area contributed by atoms with Gasteiger partial charge in [-0.2, -0.15) is 39.5 Å². The SMILES string of the molecule is CCCCCCCCCCCCCCCCCCCCCCOC(=O)CCC(=O)OCCC(F)(F)C(F)(F)C(F)(F)C(F)(F)F. The molecule has 0 N–H and O–H groups in total. The summed E-state index contributed by atoms with van der Waals surface area (Å²) in [4.78, 5) is 23.2. The van der Waals surface area contributed by atoms with Crippen molar-refractivity contribution in [2.75, 3.05) is 13.2 Å². The Morgan fingerprint density at radius 1 is 0.444 bits per heavy atom. The van der Waals surface area contributed by atoms with Crippen LogP contribution in [-0.2, 0) is 19.1 Å². The molecule has 268 valence electrons. The van der Waals surface area contributed by atoms with Crippen molar-refractivity contribution in [1.82, 2.24) is 0 Å². The van der Waals surface area contributed by atoms with E-state index in [0.717, 1.165) is 25.7 Å². The largest absolute Gasteiger partial charge is 0.466 e. The molecule has 4 nitrogen and oxygen atoms in total. The molecule has 0 amide bonds. The van der Waals surface area contributed by atoms with E-state index in [-0.39, 0.29) is 6.61 Å². The molecule has 0 atom stereocenters. The number of rotatable bonds is 29. The van der Waals surface area contributed by atoms with Crippen LogP contribution < -0.4 is 0 Å². The average molecular weight is 673 g/mol. The number of halogens is 9. The summed E-state index contributed by atoms with van der Waals surface area (Å²) in [6.45, 7) is 0.801. The summed E-state index contributed by atoms with van der Waals surface area (Å²) in [5, 5.41) is 0. The molecule has 0 saturated carbocycles. The van der Waals surface area contributed by atoms with E-state index in [4.69, 9.17) is 4.74 Å². The van der Waals surface area contributed by atoms with E-state index in [1.54, 1.807) is 0 Å². The number of carbonyl (C=O) groups is 2. The van der Waals surface area contributed by atoms with Crippen LogP contribution in [0.4, 0.5) is 39.5 Å². The van der Waals surface area contributed by atoms with Gasteiger partial charge in [0.2, 0.25) is 0 Å². The van der Waals surface area contributed by atoms with Crippen LogP contribution in [0, 0.1) is 0 Å². The molecule has 13 heteroatoms. The standard InChI is InChI=1S/C32H53F9O4/c1-2-3-4-5-6-7-8-9-10-11-12-13-14-15-16-17-18-19-20-21-25-44-27(42)22-23-28(43)45-26-24-29(33,34)30(35,36)31(37,38)32(39,40)41/h2-26H2,1H3. The molecule has 0 aromatic carbocycles. The summed E-state index contributed by atoms with van der Waals surface area (Å²) in [7, 11) is 0. The molecule has 0 spiro atoms. The first-order chi connectivity index (χ1) is 21.1. The van der Waals surface area contributed by atoms with Gasteiger partial charge in [-0.05, 0) is 6.42 Å². The number of hydrogen-bond acceptors (Lipinski definition) is 4. The van der Waals surface area contributed by atoms with E-state index >= 15 is 0 Å². The van der Waals surface area contributed by atoms with Crippen molar-refractivity contribution in [2.45, 2.75) is 179 Å². The van der Waals surface area contributed by atoms with Gasteiger partial charge < -0.3 is 9.47 Å². The molecular weight excluding hydrogens is 619 g/mol. The highest BCUT2D eigenvalue weighted by Crippen LogP contribution is 2.54. The third kappa shape index (κ3) is 18.9. The molecule has 0 aromatic heterocycles. The normalized spacial score (nSPS) is 12.8. The molecule has 45 heavy (non-hydrogen) atoms. The maximum atomic E-state index is 13.4. The molecule has 0 aromatic rings. The number of unbranched alkanes of at least 4 members (excludes halogenated alkanes) is 19. The van der Waals surface area contributed by atoms with Crippen LogP contribution in [0.1, 0.15) is 155 Å². The molecular formula is C32H53F9O4. The minimum atomic E-state index is -7.00. The monoisotopic (exact) mass is 672 g/mol. The summed E-state index contributed by atoms with van der Waals surface area (Å²) in [5.41, 5.74) is 0. The van der Waals surface area contributed by atoms with Gasteiger partial charge in [-0.25, -0.2) is 0 Å². The van der Waals surface area contributed by atoms with Crippen LogP contribution >= 0.6 is 0 Å². The number of alkyl halides is 9. The number of carbonyl (C=O) groups excluding carboxylic acids is 2. The molecule has 0 rings (SSSR count). The lowest BCUT2D eigenvalue weighted by Crippen LogP contribution is -2.61. The van der Waals surface area contributed by atoms with Crippen LogP contribution in [0.25, 0.3) is 0 Å². The third-order valence-electron chi connectivity index (χ3n) is 7.68. The van der Waals surface area contributed by atoms with Crippen molar-refractivity contribution in [3.63, 3.8) is 0 Å². The maximum absolute atomic E-state index is 13.4. The summed E-state index contributed by atoms with van der Waals surface area (Å²) >= 11 is 0. The van der Waals surface area contributed by atoms with Crippen molar-refractivity contribution in [2.24, 2.45) is 0 Å². The first-order valence-electron chi connectivity index (χ1n) is 16.6. The van der Waals surface area contributed by atoms with Gasteiger partial charge >= 0.3 is 35.9 Å². The quantitative estimate of drug-likeness (QED) is 0.0451. The van der Waals surface area contributed by atoms with Crippen LogP contribution in [-0.4, -0.2) is 49.1 Å². The Balaban J connectivity index is 3.67. The highest BCUT2D eigenvalue weighted by molar-refractivity contribution is 5.77. The topological polar surface area (TPSA) is 52.6 Å². The summed E-state index contributed by atoms with van der Waals surface area (Å²) < 4.78 is 124. The zero-order valence-electron chi connectivity index (χ0n) is 26.7. The lowest BCUT2D eigenvalue weighted by atomic mass is 10.0. The van der Waals surface area contributed by atoms with Crippen LogP contribution in [0.3, 0.4) is 0 Å². The predicted molar refractivity (Wildman–Crippen MR) is 155 cm³/mol. The molecule has 0 bridgehead atoms. The minimum absolute atomic E-state index is 0.113. The van der Waals surface area contributed by atoms with Gasteiger partial charge in [-0.3, -0.25) is 9.59 Å².